The molecule has 6 heteroatoms. The molecular formula is C16H23NO4S. The second-order valence-corrected chi connectivity index (χ2v) is 6.96. The fourth-order valence-electron chi connectivity index (χ4n) is 1.93. The quantitative estimate of drug-likeness (QED) is 0.741. The average molecular weight is 325 g/mol. The minimum absolute atomic E-state index is 0.198. The van der Waals surface area contributed by atoms with E-state index in [1.54, 1.807) is 12.1 Å². The van der Waals surface area contributed by atoms with Gasteiger partial charge in [-0.25, -0.2) is 4.79 Å². The molecule has 0 saturated heterocycles. The van der Waals surface area contributed by atoms with E-state index in [4.69, 9.17) is 4.74 Å². The number of carbonyl (C=O) groups is 2. The predicted molar refractivity (Wildman–Crippen MR) is 85.7 cm³/mol. The molecule has 1 aromatic rings. The number of methoxy groups -OCH3 is 1. The summed E-state index contributed by atoms with van der Waals surface area (Å²) in [7, 11) is 0.0687. The summed E-state index contributed by atoms with van der Waals surface area (Å²) in [5, 5.41) is 2.66. The van der Waals surface area contributed by atoms with Crippen LogP contribution in [0.5, 0.6) is 0 Å². The summed E-state index contributed by atoms with van der Waals surface area (Å²) in [5.41, 5.74) is 0. The van der Waals surface area contributed by atoms with Crippen LogP contribution in [0.4, 0.5) is 0 Å². The molecule has 0 saturated carbocycles. The molecule has 0 spiro atoms. The van der Waals surface area contributed by atoms with Crippen LogP contribution in [-0.4, -0.2) is 35.0 Å². The van der Waals surface area contributed by atoms with E-state index in [1.807, 2.05) is 32.0 Å². The third-order valence-electron chi connectivity index (χ3n) is 3.01. The molecule has 1 rings (SSSR count). The summed E-state index contributed by atoms with van der Waals surface area (Å²) < 4.78 is 16.9. The number of nitrogens with one attached hydrogen (secondary N) is 1. The highest BCUT2D eigenvalue weighted by molar-refractivity contribution is 7.85. The first-order valence-corrected chi connectivity index (χ1v) is 8.56. The second-order valence-electron chi connectivity index (χ2n) is 5.39. The molecule has 0 radical (unpaired) electrons. The van der Waals surface area contributed by atoms with Gasteiger partial charge in [-0.2, -0.15) is 0 Å². The van der Waals surface area contributed by atoms with Crippen LogP contribution in [0.1, 0.15) is 26.7 Å². The highest BCUT2D eigenvalue weighted by Crippen LogP contribution is 2.09. The zero-order chi connectivity index (χ0) is 16.5. The van der Waals surface area contributed by atoms with E-state index < -0.39 is 22.8 Å². The van der Waals surface area contributed by atoms with Crippen molar-refractivity contribution in [2.24, 2.45) is 5.92 Å². The maximum atomic E-state index is 12.2. The molecule has 0 heterocycles. The zero-order valence-corrected chi connectivity index (χ0v) is 14.0. The van der Waals surface area contributed by atoms with Crippen molar-refractivity contribution >= 4 is 22.7 Å². The van der Waals surface area contributed by atoms with Gasteiger partial charge in [0.15, 0.2) is 0 Å². The Bertz CT molecular complexity index is 516. The highest BCUT2D eigenvalue weighted by Gasteiger charge is 2.22. The number of hydrogen-bond acceptors (Lipinski definition) is 4. The number of rotatable bonds is 8. The van der Waals surface area contributed by atoms with Crippen LogP contribution in [-0.2, 0) is 25.1 Å². The lowest BCUT2D eigenvalue weighted by atomic mass is 10.1. The first kappa shape index (κ1) is 18.4. The fraction of sp³-hybridized carbons (Fsp3) is 0.500. The molecule has 0 unspecified atom stereocenters. The van der Waals surface area contributed by atoms with Gasteiger partial charge in [-0.3, -0.25) is 9.00 Å². The van der Waals surface area contributed by atoms with Gasteiger partial charge in [0.1, 0.15) is 6.04 Å². The monoisotopic (exact) mass is 325 g/mol. The van der Waals surface area contributed by atoms with Crippen molar-refractivity contribution < 1.29 is 18.5 Å². The van der Waals surface area contributed by atoms with Crippen molar-refractivity contribution in [2.75, 3.05) is 12.9 Å². The highest BCUT2D eigenvalue weighted by atomic mass is 32.2. The predicted octanol–water partition coefficient (Wildman–Crippen LogP) is 1.89. The molecule has 0 bridgehead atoms. The Balaban J connectivity index is 2.60. The van der Waals surface area contributed by atoms with Crippen molar-refractivity contribution in [1.82, 2.24) is 5.32 Å². The Labute approximate surface area is 133 Å². The number of benzene rings is 1. The Morgan fingerprint density at radius 2 is 1.86 bits per heavy atom. The van der Waals surface area contributed by atoms with E-state index >= 15 is 0 Å². The second kappa shape index (κ2) is 9.35. The van der Waals surface area contributed by atoms with Crippen molar-refractivity contribution in [1.29, 1.82) is 0 Å². The van der Waals surface area contributed by atoms with Gasteiger partial charge in [0.05, 0.1) is 17.9 Å². The normalized spacial score (nSPS) is 13.5. The molecular weight excluding hydrogens is 302 g/mol. The van der Waals surface area contributed by atoms with Gasteiger partial charge < -0.3 is 10.1 Å². The number of hydrogen-bond donors (Lipinski definition) is 1. The van der Waals surface area contributed by atoms with E-state index in [9.17, 15) is 13.8 Å². The summed E-state index contributed by atoms with van der Waals surface area (Å²) in [5.74, 6) is -0.221. The number of ether oxygens (including phenoxy) is 1. The Morgan fingerprint density at radius 3 is 2.41 bits per heavy atom. The lowest BCUT2D eigenvalue weighted by molar-refractivity contribution is -0.145. The Hall–Kier alpha value is -1.69. The number of carbonyl (C=O) groups excluding carboxylic acids is 2. The minimum atomic E-state index is -1.21. The van der Waals surface area contributed by atoms with Crippen LogP contribution in [0.3, 0.4) is 0 Å². The van der Waals surface area contributed by atoms with E-state index in [-0.39, 0.29) is 24.0 Å². The molecule has 1 N–H and O–H groups in total. The van der Waals surface area contributed by atoms with Crippen LogP contribution in [0, 0.1) is 5.92 Å². The molecule has 22 heavy (non-hydrogen) atoms. The maximum absolute atomic E-state index is 12.2. The first-order chi connectivity index (χ1) is 10.4. The molecule has 1 amide bonds. The van der Waals surface area contributed by atoms with E-state index in [0.717, 1.165) is 0 Å². The summed E-state index contributed by atoms with van der Waals surface area (Å²) in [4.78, 5) is 24.3. The third kappa shape index (κ3) is 6.39. The lowest BCUT2D eigenvalue weighted by Crippen LogP contribution is -2.42. The summed E-state index contributed by atoms with van der Waals surface area (Å²) >= 11 is 0. The minimum Gasteiger partial charge on any atom is -0.467 e. The van der Waals surface area contributed by atoms with Crippen LogP contribution in [0.15, 0.2) is 35.2 Å². The van der Waals surface area contributed by atoms with Gasteiger partial charge >= 0.3 is 5.97 Å². The van der Waals surface area contributed by atoms with Gasteiger partial charge in [-0.05, 0) is 24.5 Å². The van der Waals surface area contributed by atoms with Gasteiger partial charge in [-0.1, -0.05) is 32.0 Å². The van der Waals surface area contributed by atoms with Crippen molar-refractivity contribution in [2.45, 2.75) is 37.6 Å². The molecule has 0 aliphatic heterocycles. The first-order valence-electron chi connectivity index (χ1n) is 7.24. The SMILES string of the molecule is COC(=O)[C@@H](CC[S@](=O)c1ccccc1)NC(=O)CC(C)C. The van der Waals surface area contributed by atoms with Crippen LogP contribution in [0.2, 0.25) is 0 Å². The molecule has 0 aromatic heterocycles. The summed E-state index contributed by atoms with van der Waals surface area (Å²) in [6, 6.07) is 8.28. The maximum Gasteiger partial charge on any atom is 0.328 e. The zero-order valence-electron chi connectivity index (χ0n) is 13.2. The lowest BCUT2D eigenvalue weighted by Gasteiger charge is -2.17. The van der Waals surface area contributed by atoms with E-state index in [0.29, 0.717) is 11.3 Å². The van der Waals surface area contributed by atoms with Crippen molar-refractivity contribution in [3.63, 3.8) is 0 Å². The van der Waals surface area contributed by atoms with Crippen LogP contribution >= 0.6 is 0 Å². The Morgan fingerprint density at radius 1 is 1.23 bits per heavy atom. The van der Waals surface area contributed by atoms with Crippen LogP contribution in [0.25, 0.3) is 0 Å². The molecule has 2 atom stereocenters. The summed E-state index contributed by atoms with van der Waals surface area (Å²) in [6.45, 7) is 3.86. The van der Waals surface area contributed by atoms with Gasteiger partial charge in [0, 0.05) is 17.1 Å². The van der Waals surface area contributed by atoms with Gasteiger partial charge in [0.25, 0.3) is 0 Å². The largest absolute Gasteiger partial charge is 0.467 e. The van der Waals surface area contributed by atoms with Gasteiger partial charge in [0.2, 0.25) is 5.91 Å². The van der Waals surface area contributed by atoms with Crippen LogP contribution < -0.4 is 5.32 Å². The topological polar surface area (TPSA) is 72.5 Å². The molecule has 0 aliphatic rings. The Kier molecular flexibility index (Phi) is 7.80. The van der Waals surface area contributed by atoms with Crippen molar-refractivity contribution in [3.05, 3.63) is 30.3 Å². The van der Waals surface area contributed by atoms with Gasteiger partial charge in [-0.15, -0.1) is 0 Å². The molecule has 1 aromatic carbocycles. The number of esters is 1. The number of amides is 1. The standard InChI is InChI=1S/C16H23NO4S/c1-12(2)11-15(18)17-14(16(19)21-3)9-10-22(20)13-7-5-4-6-8-13/h4-8,12,14H,9-11H2,1-3H3,(H,17,18)/t14-,22+/m1/s1. The summed E-state index contributed by atoms with van der Waals surface area (Å²) in [6.07, 6.45) is 0.618. The molecule has 122 valence electrons. The smallest absolute Gasteiger partial charge is 0.328 e. The van der Waals surface area contributed by atoms with Crippen molar-refractivity contribution in [3.8, 4) is 0 Å². The third-order valence-corrected chi connectivity index (χ3v) is 4.42. The fourth-order valence-corrected chi connectivity index (χ4v) is 3.08. The molecule has 0 fully saturated rings. The van der Waals surface area contributed by atoms with E-state index in [1.165, 1.54) is 7.11 Å². The van der Waals surface area contributed by atoms with E-state index in [2.05, 4.69) is 5.32 Å². The average Bonchev–Trinajstić information content (AvgIpc) is 2.50. The molecule has 5 nitrogen and oxygen atoms in total. The molecule has 0 aliphatic carbocycles.